The Bertz CT molecular complexity index is 1010. The molecule has 4 rings (SSSR count). The van der Waals surface area contributed by atoms with Gasteiger partial charge in [0, 0.05) is 6.42 Å². The van der Waals surface area contributed by atoms with Crippen molar-refractivity contribution >= 4 is 17.4 Å². The first-order valence-electron chi connectivity index (χ1n) is 7.94. The lowest BCUT2D eigenvalue weighted by molar-refractivity contribution is 0.0993. The van der Waals surface area contributed by atoms with Crippen LogP contribution in [0.15, 0.2) is 36.5 Å². The van der Waals surface area contributed by atoms with Crippen LogP contribution in [0.5, 0.6) is 0 Å². The van der Waals surface area contributed by atoms with Gasteiger partial charge in [0.15, 0.2) is 17.3 Å². The van der Waals surface area contributed by atoms with Crippen molar-refractivity contribution in [3.05, 3.63) is 59.4 Å². The topological polar surface area (TPSA) is 76.5 Å². The molecule has 6 nitrogen and oxygen atoms in total. The summed E-state index contributed by atoms with van der Waals surface area (Å²) < 4.78 is 42.2. The lowest BCUT2D eigenvalue weighted by Gasteiger charge is -2.25. The number of fused-ring (bicyclic) bond motifs is 1. The Labute approximate surface area is 146 Å². The van der Waals surface area contributed by atoms with Crippen LogP contribution in [-0.2, 0) is 0 Å². The molecular formula is C17H14F3N5O. The molecule has 134 valence electrons. The number of amides is 1. The molecule has 0 saturated carbocycles. The van der Waals surface area contributed by atoms with E-state index in [1.165, 1.54) is 16.8 Å². The minimum absolute atomic E-state index is 0.0444. The molecule has 0 bridgehead atoms. The van der Waals surface area contributed by atoms with Crippen molar-refractivity contribution in [3.8, 4) is 0 Å². The summed E-state index contributed by atoms with van der Waals surface area (Å²) in [5, 5.41) is 4.33. The highest BCUT2D eigenvalue weighted by Gasteiger charge is 2.35. The van der Waals surface area contributed by atoms with Gasteiger partial charge in [-0.2, -0.15) is 0 Å². The molecule has 2 N–H and O–H groups in total. The van der Waals surface area contributed by atoms with Gasteiger partial charge in [-0.3, -0.25) is 4.79 Å². The van der Waals surface area contributed by atoms with Gasteiger partial charge in [0.05, 0.1) is 18.8 Å². The number of nitrogens with zero attached hydrogens (tertiary/aromatic N) is 4. The summed E-state index contributed by atoms with van der Waals surface area (Å²) in [7, 11) is 0. The van der Waals surface area contributed by atoms with E-state index < -0.39 is 29.8 Å². The molecule has 1 saturated heterocycles. The Morgan fingerprint density at radius 3 is 2.73 bits per heavy atom. The summed E-state index contributed by atoms with van der Waals surface area (Å²) in [5.74, 6) is -2.25. The Balaban J connectivity index is 1.77. The summed E-state index contributed by atoms with van der Waals surface area (Å²) in [6, 6.07) is 6.27. The van der Waals surface area contributed by atoms with Gasteiger partial charge in [-0.1, -0.05) is 6.07 Å². The Hall–Kier alpha value is -3.10. The first kappa shape index (κ1) is 16.4. The zero-order chi connectivity index (χ0) is 18.4. The number of alkyl halides is 1. The highest BCUT2D eigenvalue weighted by molar-refractivity contribution is 5.91. The number of nitrogens with two attached hydrogens (primary N) is 1. The zero-order valence-corrected chi connectivity index (χ0v) is 13.4. The first-order valence-corrected chi connectivity index (χ1v) is 7.94. The van der Waals surface area contributed by atoms with Gasteiger partial charge in [-0.15, -0.1) is 5.10 Å². The number of benzene rings is 1. The van der Waals surface area contributed by atoms with Gasteiger partial charge in [0.1, 0.15) is 17.7 Å². The van der Waals surface area contributed by atoms with E-state index in [1.807, 2.05) is 0 Å². The molecule has 2 aromatic heterocycles. The number of hydrogen-bond acceptors (Lipinski definition) is 4. The van der Waals surface area contributed by atoms with Gasteiger partial charge in [0.25, 0.3) is 5.91 Å². The van der Waals surface area contributed by atoms with Crippen LogP contribution in [0, 0.1) is 11.6 Å². The monoisotopic (exact) mass is 361 g/mol. The average molecular weight is 361 g/mol. The predicted octanol–water partition coefficient (Wildman–Crippen LogP) is 2.40. The fourth-order valence-electron chi connectivity index (χ4n) is 3.26. The van der Waals surface area contributed by atoms with Gasteiger partial charge in [-0.05, 0) is 29.8 Å². The molecule has 0 radical (unpaired) electrons. The number of aromatic nitrogens is 3. The highest BCUT2D eigenvalue weighted by atomic mass is 19.2. The molecule has 1 fully saturated rings. The Morgan fingerprint density at radius 2 is 2.00 bits per heavy atom. The maximum Gasteiger partial charge on any atom is 0.269 e. The third-order valence-electron chi connectivity index (χ3n) is 4.47. The second-order valence-electron chi connectivity index (χ2n) is 6.14. The number of anilines is 1. The third kappa shape index (κ3) is 2.65. The van der Waals surface area contributed by atoms with E-state index in [0.717, 1.165) is 12.1 Å². The smallest absolute Gasteiger partial charge is 0.269 e. The van der Waals surface area contributed by atoms with E-state index in [1.54, 1.807) is 17.0 Å². The summed E-state index contributed by atoms with van der Waals surface area (Å²) in [6.45, 7) is 0.0444. The lowest BCUT2D eigenvalue weighted by atomic mass is 10.0. The normalized spacial score (nSPS) is 20.0. The number of rotatable bonds is 3. The fourth-order valence-corrected chi connectivity index (χ4v) is 3.26. The minimum Gasteiger partial charge on any atom is -0.364 e. The van der Waals surface area contributed by atoms with E-state index in [4.69, 9.17) is 5.73 Å². The lowest BCUT2D eigenvalue weighted by Crippen LogP contribution is -2.26. The van der Waals surface area contributed by atoms with Crippen molar-refractivity contribution in [2.24, 2.45) is 5.73 Å². The quantitative estimate of drug-likeness (QED) is 0.777. The third-order valence-corrected chi connectivity index (χ3v) is 4.47. The minimum atomic E-state index is -1.15. The van der Waals surface area contributed by atoms with Crippen molar-refractivity contribution in [2.45, 2.75) is 18.6 Å². The molecule has 1 amide bonds. The van der Waals surface area contributed by atoms with Crippen LogP contribution >= 0.6 is 0 Å². The van der Waals surface area contributed by atoms with Gasteiger partial charge < -0.3 is 10.6 Å². The largest absolute Gasteiger partial charge is 0.364 e. The fraction of sp³-hybridized carbons (Fsp3) is 0.235. The molecule has 9 heteroatoms. The van der Waals surface area contributed by atoms with Crippen LogP contribution in [0.1, 0.15) is 28.5 Å². The molecular weight excluding hydrogens is 347 g/mol. The molecule has 26 heavy (non-hydrogen) atoms. The SMILES string of the molecule is NC(=O)c1cnc2ccc(N3C[C@@H](F)C[C@@H]3c3ccc(F)c(F)c3)nn12. The summed E-state index contributed by atoms with van der Waals surface area (Å²) >= 11 is 0. The maximum atomic E-state index is 14.1. The second-order valence-corrected chi connectivity index (χ2v) is 6.14. The average Bonchev–Trinajstić information content (AvgIpc) is 3.20. The molecule has 1 aliphatic heterocycles. The van der Waals surface area contributed by atoms with Crippen molar-refractivity contribution in [1.82, 2.24) is 14.6 Å². The summed E-state index contributed by atoms with van der Waals surface area (Å²) in [6.07, 6.45) is 0.282. The zero-order valence-electron chi connectivity index (χ0n) is 13.4. The number of primary amides is 1. The number of imidazole rings is 1. The van der Waals surface area contributed by atoms with Crippen LogP contribution in [0.3, 0.4) is 0 Å². The Kier molecular flexibility index (Phi) is 3.78. The predicted molar refractivity (Wildman–Crippen MR) is 87.5 cm³/mol. The van der Waals surface area contributed by atoms with Gasteiger partial charge >= 0.3 is 0 Å². The molecule has 0 spiro atoms. The molecule has 3 heterocycles. The van der Waals surface area contributed by atoms with E-state index in [0.29, 0.717) is 17.0 Å². The number of carbonyl (C=O) groups is 1. The standard InChI is InChI=1S/C17H14F3N5O/c18-10-6-13(9-1-2-11(19)12(20)5-9)24(8-10)16-4-3-15-22-7-14(17(21)26)25(15)23-16/h1-5,7,10,13H,6,8H2,(H2,21,26)/t10-,13+/m0/s1. The van der Waals surface area contributed by atoms with Crippen molar-refractivity contribution in [2.75, 3.05) is 11.4 Å². The van der Waals surface area contributed by atoms with Crippen LogP contribution in [-0.4, -0.2) is 33.2 Å². The van der Waals surface area contributed by atoms with Crippen molar-refractivity contribution < 1.29 is 18.0 Å². The van der Waals surface area contributed by atoms with Crippen molar-refractivity contribution in [3.63, 3.8) is 0 Å². The molecule has 1 aliphatic rings. The molecule has 3 aromatic rings. The van der Waals surface area contributed by atoms with Crippen LogP contribution in [0.4, 0.5) is 19.0 Å². The van der Waals surface area contributed by atoms with Crippen LogP contribution in [0.25, 0.3) is 5.65 Å². The van der Waals surface area contributed by atoms with E-state index in [9.17, 15) is 18.0 Å². The highest BCUT2D eigenvalue weighted by Crippen LogP contribution is 2.37. The number of halogens is 3. The van der Waals surface area contributed by atoms with Crippen LogP contribution in [0.2, 0.25) is 0 Å². The van der Waals surface area contributed by atoms with E-state index in [-0.39, 0.29) is 18.7 Å². The van der Waals surface area contributed by atoms with E-state index in [2.05, 4.69) is 10.1 Å². The second kappa shape index (κ2) is 6.01. The van der Waals surface area contributed by atoms with Crippen LogP contribution < -0.4 is 10.6 Å². The summed E-state index contributed by atoms with van der Waals surface area (Å²) in [4.78, 5) is 17.2. The number of carbonyl (C=O) groups excluding carboxylic acids is 1. The van der Waals surface area contributed by atoms with Gasteiger partial charge in [0.2, 0.25) is 0 Å². The number of hydrogen-bond donors (Lipinski definition) is 1. The van der Waals surface area contributed by atoms with Crippen molar-refractivity contribution in [1.29, 1.82) is 0 Å². The summed E-state index contributed by atoms with van der Waals surface area (Å²) in [5.41, 5.74) is 6.28. The molecule has 0 unspecified atom stereocenters. The molecule has 2 atom stereocenters. The molecule has 1 aromatic carbocycles. The van der Waals surface area contributed by atoms with E-state index >= 15 is 0 Å². The van der Waals surface area contributed by atoms with Gasteiger partial charge in [-0.25, -0.2) is 22.7 Å². The maximum absolute atomic E-state index is 14.1. The Morgan fingerprint density at radius 1 is 1.19 bits per heavy atom. The first-order chi connectivity index (χ1) is 12.4. The molecule has 0 aliphatic carbocycles.